The highest BCUT2D eigenvalue weighted by Gasteiger charge is 2.07. The number of rotatable bonds is 7. The molecule has 1 aromatic carbocycles. The van der Waals surface area contributed by atoms with Crippen LogP contribution in [0.1, 0.15) is 34.0 Å². The molecule has 0 aliphatic heterocycles. The molecular formula is C14H21NO2. The van der Waals surface area contributed by atoms with Crippen LogP contribution in [0.2, 0.25) is 0 Å². The Hall–Kier alpha value is -1.35. The van der Waals surface area contributed by atoms with E-state index in [0.717, 1.165) is 6.92 Å². The highest BCUT2D eigenvalue weighted by atomic mass is 16.5. The maximum atomic E-state index is 11.8. The zero-order chi connectivity index (χ0) is 17.9. The highest BCUT2D eigenvalue weighted by Crippen LogP contribution is 2.05. The van der Waals surface area contributed by atoms with Gasteiger partial charge in [-0.1, -0.05) is 37.3 Å². The summed E-state index contributed by atoms with van der Waals surface area (Å²) in [6.45, 7) is -2.78. The third-order valence-corrected chi connectivity index (χ3v) is 2.02. The Bertz CT molecular complexity index is 530. The van der Waals surface area contributed by atoms with Crippen molar-refractivity contribution in [3.05, 3.63) is 35.9 Å². The molecule has 3 nitrogen and oxygen atoms in total. The van der Waals surface area contributed by atoms with E-state index in [-0.39, 0.29) is 13.2 Å². The quantitative estimate of drug-likeness (QED) is 0.687. The van der Waals surface area contributed by atoms with Crippen molar-refractivity contribution >= 4 is 5.97 Å². The Labute approximate surface area is 112 Å². The number of benzene rings is 1. The van der Waals surface area contributed by atoms with Crippen LogP contribution in [0.25, 0.3) is 0 Å². The molecule has 1 rings (SSSR count). The van der Waals surface area contributed by atoms with Crippen molar-refractivity contribution in [1.82, 2.24) is 4.90 Å². The predicted octanol–water partition coefficient (Wildman–Crippen LogP) is 2.46. The number of carbonyl (C=O) groups is 1. The van der Waals surface area contributed by atoms with Crippen molar-refractivity contribution in [3.8, 4) is 0 Å². The number of carbonyl (C=O) groups excluding carboxylic acids is 1. The molecule has 0 saturated heterocycles. The fourth-order valence-corrected chi connectivity index (χ4v) is 1.22. The van der Waals surface area contributed by atoms with Crippen LogP contribution in [0.5, 0.6) is 0 Å². The maximum Gasteiger partial charge on any atom is 0.307 e. The number of esters is 1. The van der Waals surface area contributed by atoms with Crippen molar-refractivity contribution in [2.75, 3.05) is 19.6 Å². The summed E-state index contributed by atoms with van der Waals surface area (Å²) >= 11 is 0. The second-order valence-electron chi connectivity index (χ2n) is 3.25. The number of ether oxygens (including phenoxy) is 1. The monoisotopic (exact) mass is 241 g/mol. The van der Waals surface area contributed by atoms with E-state index in [1.54, 1.807) is 30.3 Å². The molecule has 0 N–H and O–H groups in total. The summed E-state index contributed by atoms with van der Waals surface area (Å²) in [4.78, 5) is 12.5. The van der Waals surface area contributed by atoms with Gasteiger partial charge in [0.25, 0.3) is 0 Å². The average Bonchev–Trinajstić information content (AvgIpc) is 2.44. The van der Waals surface area contributed by atoms with E-state index < -0.39 is 25.3 Å². The smallest absolute Gasteiger partial charge is 0.307 e. The number of hydrogen-bond donors (Lipinski definition) is 0. The van der Waals surface area contributed by atoms with Gasteiger partial charge in [-0.15, -0.1) is 0 Å². The lowest BCUT2D eigenvalue weighted by Gasteiger charge is -2.19. The predicted molar refractivity (Wildman–Crippen MR) is 68.6 cm³/mol. The molecule has 0 atom stereocenters. The molecule has 0 heterocycles. The summed E-state index contributed by atoms with van der Waals surface area (Å²) < 4.78 is 52.1. The molecule has 0 radical (unpaired) electrons. The molecule has 0 aromatic heterocycles. The van der Waals surface area contributed by atoms with Crippen LogP contribution in [0.3, 0.4) is 0 Å². The highest BCUT2D eigenvalue weighted by molar-refractivity contribution is 5.69. The van der Waals surface area contributed by atoms with Crippen LogP contribution >= 0.6 is 0 Å². The van der Waals surface area contributed by atoms with Crippen molar-refractivity contribution < 1.29 is 17.8 Å². The Morgan fingerprint density at radius 1 is 1.35 bits per heavy atom. The lowest BCUT2D eigenvalue weighted by atomic mass is 10.2. The molecule has 0 aliphatic carbocycles. The fraction of sp³-hybridized carbons (Fsp3) is 0.500. The SMILES string of the molecule is [2H]C([2H])(C)N(Cc1ccccc1)C([2H])([2H])C([2H])([2H])C(=O)OCC. The molecule has 0 saturated carbocycles. The molecule has 1 aromatic rings. The van der Waals surface area contributed by atoms with Gasteiger partial charge in [0.1, 0.15) is 0 Å². The van der Waals surface area contributed by atoms with E-state index in [1.807, 2.05) is 0 Å². The Morgan fingerprint density at radius 2 is 2.06 bits per heavy atom. The van der Waals surface area contributed by atoms with E-state index in [2.05, 4.69) is 4.74 Å². The first kappa shape index (κ1) is 7.17. The number of hydrogen-bond acceptors (Lipinski definition) is 3. The van der Waals surface area contributed by atoms with Crippen LogP contribution in [-0.2, 0) is 16.1 Å². The van der Waals surface area contributed by atoms with Gasteiger partial charge in [-0.2, -0.15) is 0 Å². The summed E-state index contributed by atoms with van der Waals surface area (Å²) in [5.41, 5.74) is 0.599. The first-order valence-corrected chi connectivity index (χ1v) is 5.43. The molecule has 17 heavy (non-hydrogen) atoms. The molecular weight excluding hydrogens is 214 g/mol. The van der Waals surface area contributed by atoms with E-state index in [4.69, 9.17) is 8.22 Å². The lowest BCUT2D eigenvalue weighted by Crippen LogP contribution is -2.26. The Balaban J connectivity index is 3.22. The van der Waals surface area contributed by atoms with E-state index in [1.165, 1.54) is 6.92 Å². The van der Waals surface area contributed by atoms with Crippen LogP contribution in [-0.4, -0.2) is 30.5 Å². The van der Waals surface area contributed by atoms with Gasteiger partial charge in [-0.25, -0.2) is 0 Å². The zero-order valence-electron chi connectivity index (χ0n) is 16.1. The minimum Gasteiger partial charge on any atom is -0.466 e. The lowest BCUT2D eigenvalue weighted by molar-refractivity contribution is -0.143. The Kier molecular flexibility index (Phi) is 3.31. The summed E-state index contributed by atoms with van der Waals surface area (Å²) in [5, 5.41) is 0. The van der Waals surface area contributed by atoms with Crippen LogP contribution in [0.15, 0.2) is 30.3 Å². The third kappa shape index (κ3) is 5.50. The van der Waals surface area contributed by atoms with Gasteiger partial charge in [0.15, 0.2) is 0 Å². The van der Waals surface area contributed by atoms with Crippen molar-refractivity contribution in [2.24, 2.45) is 0 Å². The van der Waals surface area contributed by atoms with Gasteiger partial charge >= 0.3 is 5.97 Å². The molecule has 94 valence electrons. The topological polar surface area (TPSA) is 29.5 Å². The summed E-state index contributed by atoms with van der Waals surface area (Å²) in [7, 11) is 0. The average molecular weight is 241 g/mol. The van der Waals surface area contributed by atoms with E-state index in [0.29, 0.717) is 10.5 Å². The second kappa shape index (κ2) is 7.85. The van der Waals surface area contributed by atoms with Gasteiger partial charge in [0.2, 0.25) is 0 Å². The molecule has 0 fully saturated rings. The normalized spacial score (nSPS) is 18.3. The summed E-state index contributed by atoms with van der Waals surface area (Å²) in [5.74, 6) is -1.35. The zero-order valence-corrected chi connectivity index (χ0v) is 10.1. The molecule has 0 bridgehead atoms. The number of nitrogens with zero attached hydrogens (tertiary/aromatic N) is 1. The molecule has 0 aliphatic rings. The fourth-order valence-electron chi connectivity index (χ4n) is 1.22. The van der Waals surface area contributed by atoms with Gasteiger partial charge in [0.05, 0.1) is 13.0 Å². The van der Waals surface area contributed by atoms with Crippen LogP contribution in [0.4, 0.5) is 0 Å². The van der Waals surface area contributed by atoms with Gasteiger partial charge < -0.3 is 4.74 Å². The largest absolute Gasteiger partial charge is 0.466 e. The van der Waals surface area contributed by atoms with Crippen molar-refractivity contribution in [3.63, 3.8) is 0 Å². The minimum absolute atomic E-state index is 0.0911. The first-order chi connectivity index (χ1) is 10.4. The molecule has 0 amide bonds. The maximum absolute atomic E-state index is 11.8. The van der Waals surface area contributed by atoms with Gasteiger partial charge in [-0.05, 0) is 19.0 Å². The molecule has 3 heteroatoms. The minimum atomic E-state index is -3.03. The van der Waals surface area contributed by atoms with Crippen molar-refractivity contribution in [1.29, 1.82) is 0 Å². The Morgan fingerprint density at radius 3 is 2.65 bits per heavy atom. The summed E-state index contributed by atoms with van der Waals surface area (Å²) in [6, 6.07) is 8.55. The van der Waals surface area contributed by atoms with Crippen LogP contribution in [0, 0.1) is 0 Å². The molecule has 0 unspecified atom stereocenters. The van der Waals surface area contributed by atoms with Crippen LogP contribution < -0.4 is 0 Å². The van der Waals surface area contributed by atoms with Gasteiger partial charge in [0, 0.05) is 21.3 Å². The molecule has 0 spiro atoms. The second-order valence-corrected chi connectivity index (χ2v) is 3.25. The van der Waals surface area contributed by atoms with Gasteiger partial charge in [-0.3, -0.25) is 9.69 Å². The van der Waals surface area contributed by atoms with Crippen molar-refractivity contribution in [2.45, 2.75) is 26.8 Å². The first-order valence-electron chi connectivity index (χ1n) is 8.43. The standard InChI is InChI=1S/C14H21NO2/c1-3-15(11-10-14(16)17-4-2)12-13-8-6-5-7-9-13/h5-9H,3-4,10-12H2,1-2H3/i3D2,10D2,11D2. The summed E-state index contributed by atoms with van der Waals surface area (Å²) in [6.07, 6.45) is -3.03. The van der Waals surface area contributed by atoms with E-state index >= 15 is 0 Å². The van der Waals surface area contributed by atoms with E-state index in [9.17, 15) is 4.79 Å². The third-order valence-electron chi connectivity index (χ3n) is 2.02.